The first-order valence-corrected chi connectivity index (χ1v) is 9.13. The molecule has 0 spiro atoms. The number of hydrogen-bond acceptors (Lipinski definition) is 5. The molecule has 156 valence electrons. The lowest BCUT2D eigenvalue weighted by Gasteiger charge is -2.34. The second-order valence-electron chi connectivity index (χ2n) is 6.47. The molecular weight excluding hydrogens is 375 g/mol. The number of halogens is 3. The van der Waals surface area contributed by atoms with E-state index in [0.29, 0.717) is 25.4 Å². The van der Waals surface area contributed by atoms with Crippen LogP contribution in [0.4, 0.5) is 19.1 Å². The molecule has 0 unspecified atom stereocenters. The highest BCUT2D eigenvalue weighted by atomic mass is 19.4. The highest BCUT2D eigenvalue weighted by molar-refractivity contribution is 5.80. The number of carbonyl (C=O) groups is 1. The zero-order valence-electron chi connectivity index (χ0n) is 16.0. The molecule has 8 nitrogen and oxygen atoms in total. The van der Waals surface area contributed by atoms with Gasteiger partial charge in [-0.25, -0.2) is 9.97 Å². The van der Waals surface area contributed by atoms with Crippen molar-refractivity contribution in [3.63, 3.8) is 0 Å². The second-order valence-corrected chi connectivity index (χ2v) is 6.47. The molecule has 0 aliphatic carbocycles. The summed E-state index contributed by atoms with van der Waals surface area (Å²) in [5.74, 6) is 1.09. The van der Waals surface area contributed by atoms with E-state index in [-0.39, 0.29) is 11.9 Å². The Morgan fingerprint density at radius 2 is 2.04 bits per heavy atom. The van der Waals surface area contributed by atoms with Gasteiger partial charge in [0, 0.05) is 52.9 Å². The van der Waals surface area contributed by atoms with Gasteiger partial charge in [0.2, 0.25) is 11.9 Å². The van der Waals surface area contributed by atoms with Gasteiger partial charge in [0.05, 0.1) is 0 Å². The standard InChI is InChI=1S/C17H26F3N7O/c1-21-14(28)11-12-4-9-27(10-5-12)16(22-2)25-8-7-24-15-23-6-3-13(26-15)17(18,19)20/h3,6,12H,4-5,7-11H2,1-2H3,(H,21,28)(H,22,25)(H,23,24,26). The van der Waals surface area contributed by atoms with Crippen LogP contribution in [0.2, 0.25) is 0 Å². The number of nitrogens with one attached hydrogen (secondary N) is 3. The molecule has 1 fully saturated rings. The molecule has 28 heavy (non-hydrogen) atoms. The lowest BCUT2D eigenvalue weighted by Crippen LogP contribution is -2.47. The minimum Gasteiger partial charge on any atom is -0.359 e. The number of alkyl halides is 3. The van der Waals surface area contributed by atoms with Crippen LogP contribution in [-0.4, -0.2) is 67.0 Å². The fourth-order valence-electron chi connectivity index (χ4n) is 3.00. The molecule has 2 rings (SSSR count). The maximum atomic E-state index is 12.7. The number of aliphatic imine (C=N–C) groups is 1. The molecular formula is C17H26F3N7O. The van der Waals surface area contributed by atoms with Crippen LogP contribution >= 0.6 is 0 Å². The predicted octanol–water partition coefficient (Wildman–Crippen LogP) is 1.33. The fourth-order valence-corrected chi connectivity index (χ4v) is 3.00. The van der Waals surface area contributed by atoms with Crippen LogP contribution in [0.1, 0.15) is 25.0 Å². The first-order valence-electron chi connectivity index (χ1n) is 9.13. The summed E-state index contributed by atoms with van der Waals surface area (Å²) >= 11 is 0. The Morgan fingerprint density at radius 3 is 2.64 bits per heavy atom. The quantitative estimate of drug-likeness (QED) is 0.378. The summed E-state index contributed by atoms with van der Waals surface area (Å²) in [5, 5.41) is 8.60. The van der Waals surface area contributed by atoms with Gasteiger partial charge in [0.1, 0.15) is 5.69 Å². The van der Waals surface area contributed by atoms with Crippen molar-refractivity contribution in [1.29, 1.82) is 0 Å². The highest BCUT2D eigenvalue weighted by Gasteiger charge is 2.32. The maximum Gasteiger partial charge on any atom is 0.433 e. The van der Waals surface area contributed by atoms with Crippen molar-refractivity contribution in [3.05, 3.63) is 18.0 Å². The number of likely N-dealkylation sites (tertiary alicyclic amines) is 1. The van der Waals surface area contributed by atoms with E-state index in [4.69, 9.17) is 0 Å². The summed E-state index contributed by atoms with van der Waals surface area (Å²) in [6.07, 6.45) is -1.07. The van der Waals surface area contributed by atoms with E-state index < -0.39 is 11.9 Å². The van der Waals surface area contributed by atoms with Gasteiger partial charge >= 0.3 is 6.18 Å². The Hall–Kier alpha value is -2.59. The van der Waals surface area contributed by atoms with E-state index in [9.17, 15) is 18.0 Å². The number of piperidine rings is 1. The third-order valence-corrected chi connectivity index (χ3v) is 4.52. The van der Waals surface area contributed by atoms with Crippen LogP contribution in [0.3, 0.4) is 0 Å². The van der Waals surface area contributed by atoms with Crippen molar-refractivity contribution in [3.8, 4) is 0 Å². The van der Waals surface area contributed by atoms with Crippen LogP contribution in [-0.2, 0) is 11.0 Å². The highest BCUT2D eigenvalue weighted by Crippen LogP contribution is 2.27. The zero-order valence-corrected chi connectivity index (χ0v) is 16.0. The van der Waals surface area contributed by atoms with Gasteiger partial charge < -0.3 is 20.9 Å². The number of amides is 1. The Labute approximate surface area is 162 Å². The summed E-state index contributed by atoms with van der Waals surface area (Å²) in [5.41, 5.74) is -0.978. The molecule has 1 aliphatic heterocycles. The van der Waals surface area contributed by atoms with Gasteiger partial charge in [-0.3, -0.25) is 9.79 Å². The smallest absolute Gasteiger partial charge is 0.359 e. The van der Waals surface area contributed by atoms with E-state index in [1.54, 1.807) is 14.1 Å². The van der Waals surface area contributed by atoms with E-state index in [2.05, 4.69) is 35.8 Å². The first kappa shape index (κ1) is 21.7. The summed E-state index contributed by atoms with van der Waals surface area (Å²) in [6.45, 7) is 2.38. The van der Waals surface area contributed by atoms with Crippen LogP contribution in [0.5, 0.6) is 0 Å². The van der Waals surface area contributed by atoms with Crippen LogP contribution in [0, 0.1) is 5.92 Å². The number of aromatic nitrogens is 2. The average Bonchev–Trinajstić information content (AvgIpc) is 2.68. The zero-order chi connectivity index (χ0) is 20.6. The normalized spacial score (nSPS) is 16.0. The molecule has 0 aromatic carbocycles. The summed E-state index contributed by atoms with van der Waals surface area (Å²) in [4.78, 5) is 25.1. The minimum atomic E-state index is -4.50. The molecule has 2 heterocycles. The van der Waals surface area contributed by atoms with Gasteiger partial charge in [0.25, 0.3) is 0 Å². The molecule has 0 atom stereocenters. The minimum absolute atomic E-state index is 0.0591. The lowest BCUT2D eigenvalue weighted by atomic mass is 9.93. The summed E-state index contributed by atoms with van der Waals surface area (Å²) in [7, 11) is 3.32. The maximum absolute atomic E-state index is 12.7. The van der Waals surface area contributed by atoms with Gasteiger partial charge in [-0.1, -0.05) is 0 Å². The summed E-state index contributed by atoms with van der Waals surface area (Å²) in [6, 6.07) is 0.832. The van der Waals surface area contributed by atoms with Gasteiger partial charge in [-0.2, -0.15) is 13.2 Å². The molecule has 1 amide bonds. The third kappa shape index (κ3) is 6.54. The van der Waals surface area contributed by atoms with Crippen molar-refractivity contribution in [2.24, 2.45) is 10.9 Å². The number of nitrogens with zero attached hydrogens (tertiary/aromatic N) is 4. The van der Waals surface area contributed by atoms with E-state index >= 15 is 0 Å². The molecule has 1 saturated heterocycles. The molecule has 1 aromatic rings. The van der Waals surface area contributed by atoms with E-state index in [0.717, 1.165) is 44.2 Å². The van der Waals surface area contributed by atoms with Gasteiger partial charge in [-0.05, 0) is 24.8 Å². The number of rotatable bonds is 6. The Kier molecular flexibility index (Phi) is 7.82. The van der Waals surface area contributed by atoms with Crippen LogP contribution in [0.25, 0.3) is 0 Å². The number of guanidine groups is 1. The lowest BCUT2D eigenvalue weighted by molar-refractivity contribution is -0.141. The molecule has 1 aliphatic rings. The fraction of sp³-hybridized carbons (Fsp3) is 0.647. The molecule has 0 radical (unpaired) electrons. The Balaban J connectivity index is 1.74. The van der Waals surface area contributed by atoms with Crippen molar-refractivity contribution in [2.75, 3.05) is 45.6 Å². The molecule has 0 bridgehead atoms. The van der Waals surface area contributed by atoms with Crippen LogP contribution < -0.4 is 16.0 Å². The summed E-state index contributed by atoms with van der Waals surface area (Å²) < 4.78 is 38.0. The van der Waals surface area contributed by atoms with Gasteiger partial charge in [0.15, 0.2) is 5.96 Å². The number of carbonyl (C=O) groups excluding carboxylic acids is 1. The monoisotopic (exact) mass is 401 g/mol. The van der Waals surface area contributed by atoms with Crippen LogP contribution in [0.15, 0.2) is 17.3 Å². The van der Waals surface area contributed by atoms with E-state index in [1.807, 2.05) is 0 Å². The average molecular weight is 401 g/mol. The van der Waals surface area contributed by atoms with Crippen molar-refractivity contribution in [2.45, 2.75) is 25.4 Å². The Bertz CT molecular complexity index is 673. The molecule has 3 N–H and O–H groups in total. The Morgan fingerprint density at radius 1 is 1.32 bits per heavy atom. The first-order chi connectivity index (χ1) is 13.3. The predicted molar refractivity (Wildman–Crippen MR) is 99.9 cm³/mol. The second kappa shape index (κ2) is 10.1. The van der Waals surface area contributed by atoms with Crippen molar-refractivity contribution in [1.82, 2.24) is 25.5 Å². The SMILES string of the molecule is CN=C(NCCNc1nccc(C(F)(F)F)n1)N1CCC(CC(=O)NC)CC1. The van der Waals surface area contributed by atoms with Crippen molar-refractivity contribution < 1.29 is 18.0 Å². The third-order valence-electron chi connectivity index (χ3n) is 4.52. The van der Waals surface area contributed by atoms with Gasteiger partial charge in [-0.15, -0.1) is 0 Å². The molecule has 11 heteroatoms. The largest absolute Gasteiger partial charge is 0.433 e. The number of anilines is 1. The topological polar surface area (TPSA) is 94.5 Å². The number of hydrogen-bond donors (Lipinski definition) is 3. The van der Waals surface area contributed by atoms with E-state index in [1.165, 1.54) is 0 Å². The van der Waals surface area contributed by atoms with Crippen molar-refractivity contribution >= 4 is 17.8 Å². The molecule has 0 saturated carbocycles. The molecule has 1 aromatic heterocycles.